The minimum absolute atomic E-state index is 0.0190. The third-order valence-electron chi connectivity index (χ3n) is 3.67. The summed E-state index contributed by atoms with van der Waals surface area (Å²) in [5.74, 6) is 0.736. The zero-order valence-corrected chi connectivity index (χ0v) is 11.9. The van der Waals surface area contributed by atoms with Gasteiger partial charge in [0.15, 0.2) is 0 Å². The van der Waals surface area contributed by atoms with Gasteiger partial charge in [0, 0.05) is 24.2 Å². The number of aromatic nitrogens is 1. The van der Waals surface area contributed by atoms with Crippen LogP contribution in [0.4, 0.5) is 15.9 Å². The molecule has 22 heavy (non-hydrogen) atoms. The molecule has 1 saturated carbocycles. The normalized spacial score (nSPS) is 14.2. The van der Waals surface area contributed by atoms with Crippen LogP contribution in [0.2, 0.25) is 0 Å². The van der Waals surface area contributed by atoms with Gasteiger partial charge in [0.2, 0.25) is 5.91 Å². The van der Waals surface area contributed by atoms with Crippen molar-refractivity contribution in [3.8, 4) is 11.5 Å². The number of rotatable bonds is 4. The first-order valence-corrected chi connectivity index (χ1v) is 7.11. The molecule has 0 spiro atoms. The highest BCUT2D eigenvalue weighted by Gasteiger charge is 2.25. The Hall–Kier alpha value is -2.63. The zero-order valence-electron chi connectivity index (χ0n) is 11.9. The number of nitrogens with zero attached hydrogens (tertiary/aromatic N) is 1. The molecule has 0 bridgehead atoms. The Kier molecular flexibility index (Phi) is 3.91. The van der Waals surface area contributed by atoms with Gasteiger partial charge in [0.1, 0.15) is 23.1 Å². The largest absolute Gasteiger partial charge is 0.457 e. The van der Waals surface area contributed by atoms with Crippen molar-refractivity contribution in [1.29, 1.82) is 0 Å². The molecule has 1 amide bonds. The van der Waals surface area contributed by atoms with Gasteiger partial charge >= 0.3 is 0 Å². The molecule has 0 saturated heterocycles. The number of nitrogens with one attached hydrogen (secondary N) is 1. The number of benzene rings is 1. The van der Waals surface area contributed by atoms with Crippen LogP contribution in [0.1, 0.15) is 19.3 Å². The van der Waals surface area contributed by atoms with Crippen molar-refractivity contribution in [1.82, 2.24) is 4.98 Å². The van der Waals surface area contributed by atoms with Crippen LogP contribution in [0.15, 0.2) is 36.5 Å². The van der Waals surface area contributed by atoms with Crippen molar-refractivity contribution in [2.45, 2.75) is 19.3 Å². The first-order valence-electron chi connectivity index (χ1n) is 7.11. The van der Waals surface area contributed by atoms with E-state index < -0.39 is 5.82 Å². The van der Waals surface area contributed by atoms with Crippen molar-refractivity contribution < 1.29 is 13.9 Å². The number of nitrogen functional groups attached to an aromatic ring is 1. The van der Waals surface area contributed by atoms with E-state index in [-0.39, 0.29) is 17.5 Å². The molecule has 1 aromatic heterocycles. The number of pyridine rings is 1. The standard InChI is InChI=1S/C16H16FN3O2/c17-13-8-11(4-5-14(13)18)22-12-6-7-19-15(9-12)20-16(21)10-2-1-3-10/h4-10H,1-3,18H2,(H,19,20,21). The summed E-state index contributed by atoms with van der Waals surface area (Å²) in [4.78, 5) is 16.0. The SMILES string of the molecule is Nc1ccc(Oc2ccnc(NC(=O)C3CCC3)c2)cc1F. The summed E-state index contributed by atoms with van der Waals surface area (Å²) in [6, 6.07) is 7.46. The Bertz CT molecular complexity index is 702. The maximum Gasteiger partial charge on any atom is 0.228 e. The molecule has 3 N–H and O–H groups in total. The molecule has 1 fully saturated rings. The van der Waals surface area contributed by atoms with Crippen LogP contribution in [0.5, 0.6) is 11.5 Å². The van der Waals surface area contributed by atoms with Gasteiger partial charge in [0.25, 0.3) is 0 Å². The number of hydrogen-bond acceptors (Lipinski definition) is 4. The molecule has 1 aromatic carbocycles. The van der Waals surface area contributed by atoms with Crippen molar-refractivity contribution in [3.05, 3.63) is 42.3 Å². The Morgan fingerprint density at radius 1 is 1.27 bits per heavy atom. The number of halogens is 1. The Morgan fingerprint density at radius 3 is 2.73 bits per heavy atom. The monoisotopic (exact) mass is 301 g/mol. The lowest BCUT2D eigenvalue weighted by Crippen LogP contribution is -2.28. The van der Waals surface area contributed by atoms with Gasteiger partial charge in [0.05, 0.1) is 5.69 Å². The van der Waals surface area contributed by atoms with Crippen LogP contribution < -0.4 is 15.8 Å². The first kappa shape index (κ1) is 14.3. The van der Waals surface area contributed by atoms with Crippen molar-refractivity contribution >= 4 is 17.4 Å². The molecule has 1 heterocycles. The summed E-state index contributed by atoms with van der Waals surface area (Å²) < 4.78 is 18.9. The zero-order chi connectivity index (χ0) is 15.5. The second-order valence-corrected chi connectivity index (χ2v) is 5.28. The number of hydrogen-bond donors (Lipinski definition) is 2. The van der Waals surface area contributed by atoms with Gasteiger partial charge in [-0.25, -0.2) is 9.37 Å². The van der Waals surface area contributed by atoms with E-state index in [0.29, 0.717) is 17.3 Å². The predicted molar refractivity (Wildman–Crippen MR) is 81.1 cm³/mol. The minimum Gasteiger partial charge on any atom is -0.457 e. The summed E-state index contributed by atoms with van der Waals surface area (Å²) in [6.45, 7) is 0. The number of ether oxygens (including phenoxy) is 1. The van der Waals surface area contributed by atoms with E-state index in [4.69, 9.17) is 10.5 Å². The van der Waals surface area contributed by atoms with Gasteiger partial charge < -0.3 is 15.8 Å². The Balaban J connectivity index is 1.70. The lowest BCUT2D eigenvalue weighted by molar-refractivity contribution is -0.122. The van der Waals surface area contributed by atoms with E-state index in [9.17, 15) is 9.18 Å². The maximum absolute atomic E-state index is 13.4. The Labute approximate surface area is 127 Å². The van der Waals surface area contributed by atoms with Gasteiger partial charge in [-0.2, -0.15) is 0 Å². The van der Waals surface area contributed by atoms with E-state index in [1.54, 1.807) is 18.2 Å². The van der Waals surface area contributed by atoms with Gasteiger partial charge in [-0.05, 0) is 31.0 Å². The molecule has 6 heteroatoms. The summed E-state index contributed by atoms with van der Waals surface area (Å²) in [7, 11) is 0. The molecule has 2 aromatic rings. The molecule has 0 radical (unpaired) electrons. The smallest absolute Gasteiger partial charge is 0.228 e. The summed E-state index contributed by atoms with van der Waals surface area (Å²) in [5.41, 5.74) is 5.49. The summed E-state index contributed by atoms with van der Waals surface area (Å²) in [6.07, 6.45) is 4.47. The third-order valence-corrected chi connectivity index (χ3v) is 3.67. The van der Waals surface area contributed by atoms with Crippen LogP contribution >= 0.6 is 0 Å². The van der Waals surface area contributed by atoms with E-state index in [2.05, 4.69) is 10.3 Å². The molecule has 3 rings (SSSR count). The average molecular weight is 301 g/mol. The maximum atomic E-state index is 13.4. The predicted octanol–water partition coefficient (Wildman–Crippen LogP) is 3.33. The van der Waals surface area contributed by atoms with Gasteiger partial charge in [-0.15, -0.1) is 0 Å². The fraction of sp³-hybridized carbons (Fsp3) is 0.250. The molecule has 114 valence electrons. The van der Waals surface area contributed by atoms with Gasteiger partial charge in [-0.3, -0.25) is 4.79 Å². The molecule has 1 aliphatic carbocycles. The quantitative estimate of drug-likeness (QED) is 0.849. The lowest BCUT2D eigenvalue weighted by Gasteiger charge is -2.23. The second-order valence-electron chi connectivity index (χ2n) is 5.28. The number of nitrogens with two attached hydrogens (primary N) is 1. The van der Waals surface area contributed by atoms with E-state index >= 15 is 0 Å². The third kappa shape index (κ3) is 3.16. The van der Waals surface area contributed by atoms with Crippen molar-refractivity contribution in [3.63, 3.8) is 0 Å². The molecule has 1 aliphatic rings. The van der Waals surface area contributed by atoms with Crippen LogP contribution in [0.3, 0.4) is 0 Å². The summed E-state index contributed by atoms with van der Waals surface area (Å²) in [5, 5.41) is 2.77. The highest BCUT2D eigenvalue weighted by Crippen LogP contribution is 2.28. The average Bonchev–Trinajstić information content (AvgIpc) is 2.41. The minimum atomic E-state index is -0.537. The Morgan fingerprint density at radius 2 is 2.05 bits per heavy atom. The number of amides is 1. The number of carbonyl (C=O) groups is 1. The van der Waals surface area contributed by atoms with E-state index in [1.807, 2.05) is 0 Å². The summed E-state index contributed by atoms with van der Waals surface area (Å²) >= 11 is 0. The molecule has 0 unspecified atom stereocenters. The second kappa shape index (κ2) is 6.01. The van der Waals surface area contributed by atoms with Crippen LogP contribution in [-0.2, 0) is 4.79 Å². The molecule has 5 nitrogen and oxygen atoms in total. The van der Waals surface area contributed by atoms with Crippen LogP contribution in [0.25, 0.3) is 0 Å². The topological polar surface area (TPSA) is 77.2 Å². The number of anilines is 2. The molecular weight excluding hydrogens is 285 g/mol. The fourth-order valence-corrected chi connectivity index (χ4v) is 2.15. The van der Waals surface area contributed by atoms with Crippen LogP contribution in [0, 0.1) is 11.7 Å². The molecular formula is C16H16FN3O2. The van der Waals surface area contributed by atoms with Crippen LogP contribution in [-0.4, -0.2) is 10.9 Å². The van der Waals surface area contributed by atoms with Crippen molar-refractivity contribution in [2.75, 3.05) is 11.1 Å². The first-order chi connectivity index (χ1) is 10.6. The van der Waals surface area contributed by atoms with Crippen molar-refractivity contribution in [2.24, 2.45) is 5.92 Å². The van der Waals surface area contributed by atoms with E-state index in [1.165, 1.54) is 18.3 Å². The highest BCUT2D eigenvalue weighted by molar-refractivity contribution is 5.92. The molecule has 0 atom stereocenters. The lowest BCUT2D eigenvalue weighted by atomic mass is 9.85. The highest BCUT2D eigenvalue weighted by atomic mass is 19.1. The van der Waals surface area contributed by atoms with E-state index in [0.717, 1.165) is 19.3 Å². The number of carbonyl (C=O) groups excluding carboxylic acids is 1. The molecule has 0 aliphatic heterocycles. The fourth-order valence-electron chi connectivity index (χ4n) is 2.15. The van der Waals surface area contributed by atoms with Gasteiger partial charge in [-0.1, -0.05) is 6.42 Å².